The maximum Gasteiger partial charge on any atom is 0.300 e. The zero-order chi connectivity index (χ0) is 15.4. The summed E-state index contributed by atoms with van der Waals surface area (Å²) < 4.78 is 12.4. The molecule has 1 saturated heterocycles. The third-order valence-electron chi connectivity index (χ3n) is 3.18. The lowest BCUT2D eigenvalue weighted by Gasteiger charge is -2.19. The number of hydrogen-bond donors (Lipinski definition) is 4. The first-order chi connectivity index (χ1) is 10.0. The Balaban J connectivity index is 2.19. The van der Waals surface area contributed by atoms with Gasteiger partial charge in [-0.2, -0.15) is 4.98 Å². The minimum Gasteiger partial charge on any atom is -0.461 e. The van der Waals surface area contributed by atoms with Crippen LogP contribution in [0.2, 0.25) is 0 Å². The van der Waals surface area contributed by atoms with E-state index in [1.165, 1.54) is 16.7 Å². The van der Waals surface area contributed by atoms with E-state index in [0.717, 1.165) is 0 Å². The number of aliphatic hydroxyl groups is 3. The number of nitrogens with zero attached hydrogens (tertiary/aromatic N) is 2. The van der Waals surface area contributed by atoms with Crippen molar-refractivity contribution in [1.29, 1.82) is 5.41 Å². The molecule has 2 rings (SSSR count). The molecular weight excluding hydrogens is 278 g/mol. The zero-order valence-electron chi connectivity index (χ0n) is 11.4. The fourth-order valence-electron chi connectivity index (χ4n) is 2.02. The second kappa shape index (κ2) is 6.81. The average Bonchev–Trinajstić information content (AvgIpc) is 2.85. The van der Waals surface area contributed by atoms with Gasteiger partial charge in [0.2, 0.25) is 0 Å². The molecule has 0 radical (unpaired) electrons. The highest BCUT2D eigenvalue weighted by atomic mass is 16.6. The van der Waals surface area contributed by atoms with Crippen LogP contribution in [-0.4, -0.2) is 56.4 Å². The van der Waals surface area contributed by atoms with Gasteiger partial charge in [0.1, 0.15) is 25.0 Å². The van der Waals surface area contributed by atoms with Crippen LogP contribution in [0.3, 0.4) is 0 Å². The maximum atomic E-state index is 9.77. The number of ether oxygens (including phenoxy) is 2. The fourth-order valence-corrected chi connectivity index (χ4v) is 2.02. The van der Waals surface area contributed by atoms with E-state index >= 15 is 0 Å². The second-order valence-electron chi connectivity index (χ2n) is 4.73. The van der Waals surface area contributed by atoms with Crippen LogP contribution in [0.1, 0.15) is 12.6 Å². The Hall–Kier alpha value is -1.74. The zero-order valence-corrected chi connectivity index (χ0v) is 11.4. The Morgan fingerprint density at radius 2 is 2.43 bits per heavy atom. The molecule has 1 aromatic heterocycles. The molecule has 2 heterocycles. The first-order valence-corrected chi connectivity index (χ1v) is 6.56. The topological polar surface area (TPSA) is 121 Å². The Bertz CT molecular complexity index is 547. The summed E-state index contributed by atoms with van der Waals surface area (Å²) in [7, 11) is 0. The molecule has 0 saturated carbocycles. The van der Waals surface area contributed by atoms with Crippen LogP contribution in [0.4, 0.5) is 0 Å². The minimum absolute atomic E-state index is 0.00611. The number of hydrogen-bond acceptors (Lipinski definition) is 7. The predicted octanol–water partition coefficient (Wildman–Crippen LogP) is -1.07. The quantitative estimate of drug-likeness (QED) is 0.496. The van der Waals surface area contributed by atoms with Crippen LogP contribution >= 0.6 is 0 Å². The third kappa shape index (κ3) is 3.67. The van der Waals surface area contributed by atoms with Gasteiger partial charge in [0.05, 0.1) is 12.7 Å². The summed E-state index contributed by atoms with van der Waals surface area (Å²) in [5.41, 5.74) is 0.00611. The molecule has 4 N–H and O–H groups in total. The molecule has 0 spiro atoms. The Morgan fingerprint density at radius 3 is 3.05 bits per heavy atom. The van der Waals surface area contributed by atoms with Gasteiger partial charge < -0.3 is 24.8 Å². The highest BCUT2D eigenvalue weighted by Crippen LogP contribution is 2.30. The molecule has 1 unspecified atom stereocenters. The molecule has 0 aromatic carbocycles. The normalized spacial score (nSPS) is 26.5. The molecule has 0 aliphatic carbocycles. The van der Waals surface area contributed by atoms with Crippen molar-refractivity contribution in [1.82, 2.24) is 9.55 Å². The summed E-state index contributed by atoms with van der Waals surface area (Å²) in [4.78, 5) is 3.94. The molecule has 21 heavy (non-hydrogen) atoms. The molecule has 1 aromatic rings. The van der Waals surface area contributed by atoms with Crippen molar-refractivity contribution in [2.75, 3.05) is 13.2 Å². The first-order valence-electron chi connectivity index (χ1n) is 6.56. The van der Waals surface area contributed by atoms with E-state index in [4.69, 9.17) is 20.0 Å². The minimum atomic E-state index is -0.852. The second-order valence-corrected chi connectivity index (χ2v) is 4.73. The van der Waals surface area contributed by atoms with Crippen LogP contribution in [0, 0.1) is 5.41 Å². The lowest BCUT2D eigenvalue weighted by atomic mass is 10.2. The van der Waals surface area contributed by atoms with Crippen molar-refractivity contribution in [2.45, 2.75) is 31.0 Å². The molecule has 1 aliphatic heterocycles. The molecule has 0 bridgehead atoms. The number of nitrogens with one attached hydrogen (secondary N) is 1. The van der Waals surface area contributed by atoms with Crippen molar-refractivity contribution in [3.8, 4) is 6.01 Å². The Kier molecular flexibility index (Phi) is 5.07. The van der Waals surface area contributed by atoms with Gasteiger partial charge >= 0.3 is 0 Å². The molecule has 8 nitrogen and oxygen atoms in total. The van der Waals surface area contributed by atoms with Gasteiger partial charge in [-0.1, -0.05) is 6.08 Å². The SMILES string of the molecule is C=CC(O)COc1nc(=N)ccn1[C@H]1C[C@H](O)[C@@H](CO)O1. The van der Waals surface area contributed by atoms with E-state index in [-0.39, 0.29) is 31.1 Å². The van der Waals surface area contributed by atoms with Gasteiger partial charge in [-0.05, 0) is 6.07 Å². The average molecular weight is 297 g/mol. The highest BCUT2D eigenvalue weighted by Gasteiger charge is 2.35. The van der Waals surface area contributed by atoms with Gasteiger partial charge in [0, 0.05) is 12.6 Å². The molecule has 0 amide bonds. The maximum absolute atomic E-state index is 9.77. The van der Waals surface area contributed by atoms with Crippen molar-refractivity contribution in [3.05, 3.63) is 30.4 Å². The van der Waals surface area contributed by atoms with E-state index < -0.39 is 24.5 Å². The van der Waals surface area contributed by atoms with E-state index in [1.807, 2.05) is 0 Å². The smallest absolute Gasteiger partial charge is 0.300 e. The van der Waals surface area contributed by atoms with E-state index in [2.05, 4.69) is 11.6 Å². The number of rotatable bonds is 6. The lowest BCUT2D eigenvalue weighted by Crippen LogP contribution is -2.25. The summed E-state index contributed by atoms with van der Waals surface area (Å²) in [6.45, 7) is 3.10. The van der Waals surface area contributed by atoms with Gasteiger partial charge in [0.25, 0.3) is 6.01 Å². The van der Waals surface area contributed by atoms with Gasteiger partial charge in [0.15, 0.2) is 5.49 Å². The van der Waals surface area contributed by atoms with Crippen molar-refractivity contribution in [2.24, 2.45) is 0 Å². The van der Waals surface area contributed by atoms with Crippen LogP contribution in [0.15, 0.2) is 24.9 Å². The number of aromatic nitrogens is 2. The molecular formula is C13H19N3O5. The van der Waals surface area contributed by atoms with Crippen LogP contribution in [0.5, 0.6) is 6.01 Å². The highest BCUT2D eigenvalue weighted by molar-refractivity contribution is 5.01. The summed E-state index contributed by atoms with van der Waals surface area (Å²) in [5.74, 6) is 0. The van der Waals surface area contributed by atoms with Crippen LogP contribution in [0.25, 0.3) is 0 Å². The molecule has 116 valence electrons. The van der Waals surface area contributed by atoms with Crippen LogP contribution in [-0.2, 0) is 4.74 Å². The van der Waals surface area contributed by atoms with Gasteiger partial charge in [-0.25, -0.2) is 0 Å². The number of aliphatic hydroxyl groups excluding tert-OH is 3. The van der Waals surface area contributed by atoms with Crippen molar-refractivity contribution < 1.29 is 24.8 Å². The Morgan fingerprint density at radius 1 is 1.67 bits per heavy atom. The standard InChI is InChI=1S/C13H19N3O5/c1-2-8(18)7-20-13-15-11(14)3-4-16(13)12-5-9(19)10(6-17)21-12/h2-4,8-10,12,14,17-19H,1,5-7H2/t8?,9-,10+,12+/m0/s1. The fraction of sp³-hybridized carbons (Fsp3) is 0.538. The largest absolute Gasteiger partial charge is 0.461 e. The van der Waals surface area contributed by atoms with Crippen molar-refractivity contribution in [3.63, 3.8) is 0 Å². The van der Waals surface area contributed by atoms with E-state index in [9.17, 15) is 10.2 Å². The molecule has 1 aliphatic rings. The lowest BCUT2D eigenvalue weighted by molar-refractivity contribution is -0.0479. The predicted molar refractivity (Wildman–Crippen MR) is 71.4 cm³/mol. The summed E-state index contributed by atoms with van der Waals surface area (Å²) >= 11 is 0. The van der Waals surface area contributed by atoms with Gasteiger partial charge in [-0.3, -0.25) is 9.98 Å². The van der Waals surface area contributed by atoms with Crippen molar-refractivity contribution >= 4 is 0 Å². The van der Waals surface area contributed by atoms with Gasteiger partial charge in [-0.15, -0.1) is 6.58 Å². The summed E-state index contributed by atoms with van der Waals surface area (Å²) in [6, 6.07) is 1.55. The summed E-state index contributed by atoms with van der Waals surface area (Å²) in [5, 5.41) is 35.8. The molecule has 8 heteroatoms. The summed E-state index contributed by atoms with van der Waals surface area (Å²) in [6.07, 6.45) is 0.305. The third-order valence-corrected chi connectivity index (χ3v) is 3.18. The first kappa shape index (κ1) is 15.6. The van der Waals surface area contributed by atoms with E-state index in [1.54, 1.807) is 6.20 Å². The van der Waals surface area contributed by atoms with Crippen LogP contribution < -0.4 is 10.2 Å². The van der Waals surface area contributed by atoms with E-state index in [0.29, 0.717) is 0 Å². The Labute approximate surface area is 121 Å². The monoisotopic (exact) mass is 297 g/mol. The molecule has 4 atom stereocenters. The molecule has 1 fully saturated rings.